The highest BCUT2D eigenvalue weighted by Gasteiger charge is 2.53. The molecule has 2 aliphatic rings. The first-order chi connectivity index (χ1) is 24.5. The molecule has 51 heavy (non-hydrogen) atoms. The van der Waals surface area contributed by atoms with Crippen LogP contribution < -0.4 is 15.7 Å². The number of imidazole rings is 1. The summed E-state index contributed by atoms with van der Waals surface area (Å²) in [7, 11) is -2.82. The van der Waals surface area contributed by atoms with Gasteiger partial charge in [0.05, 0.1) is 11.0 Å². The molecule has 9 rings (SSSR count). The van der Waals surface area contributed by atoms with Crippen LogP contribution >= 0.6 is 0 Å². The highest BCUT2D eigenvalue weighted by Crippen LogP contribution is 2.46. The van der Waals surface area contributed by atoms with E-state index in [9.17, 15) is 0 Å². The molecule has 0 radical (unpaired) electrons. The van der Waals surface area contributed by atoms with Crippen LogP contribution in [0.2, 0.25) is 0 Å². The van der Waals surface area contributed by atoms with E-state index in [0.717, 1.165) is 23.5 Å². The van der Waals surface area contributed by atoms with Crippen molar-refractivity contribution in [2.75, 3.05) is 0 Å². The predicted molar refractivity (Wildman–Crippen MR) is 216 cm³/mol. The third kappa shape index (κ3) is 4.85. The van der Waals surface area contributed by atoms with Gasteiger partial charge in [0.1, 0.15) is 5.82 Å². The van der Waals surface area contributed by atoms with Gasteiger partial charge in [-0.2, -0.15) is 0 Å². The molecular weight excluding hydrogens is 637 g/mol. The number of nitrogens with zero attached hydrogens (tertiary/aromatic N) is 3. The van der Waals surface area contributed by atoms with Crippen molar-refractivity contribution < 1.29 is 0 Å². The number of aromatic amines is 1. The SMILES string of the molecule is CC(C)(C)c1ccc2c(c1)C1=CC(C(C)(C)C)CC=C1[Si@@]2(c1cccc(-n2c3ccccc3c3ccc(-c4ncc[nH]4)cc32)c1)c1ccccn1. The Hall–Kier alpha value is -5.26. The van der Waals surface area contributed by atoms with Crippen LogP contribution in [0.1, 0.15) is 59.1 Å². The molecule has 0 saturated carbocycles. The minimum atomic E-state index is -2.82. The highest BCUT2D eigenvalue weighted by atomic mass is 28.3. The topological polar surface area (TPSA) is 46.5 Å². The third-order valence-corrected chi connectivity index (χ3v) is 16.1. The minimum Gasteiger partial charge on any atom is -0.345 e. The second-order valence-corrected chi connectivity index (χ2v) is 20.1. The van der Waals surface area contributed by atoms with Gasteiger partial charge in [0.25, 0.3) is 0 Å². The van der Waals surface area contributed by atoms with E-state index in [1.54, 1.807) is 0 Å². The average molecular weight is 681 g/mol. The fraction of sp³-hybridized carbons (Fsp3) is 0.217. The first kappa shape index (κ1) is 31.7. The van der Waals surface area contributed by atoms with Gasteiger partial charge in [-0.25, -0.2) is 4.98 Å². The van der Waals surface area contributed by atoms with Crippen LogP contribution in [0, 0.1) is 11.3 Å². The molecule has 5 heteroatoms. The van der Waals surface area contributed by atoms with Crippen molar-refractivity contribution in [1.29, 1.82) is 0 Å². The summed E-state index contributed by atoms with van der Waals surface area (Å²) in [5.41, 5.74) is 8.99. The summed E-state index contributed by atoms with van der Waals surface area (Å²) < 4.78 is 2.45. The number of aromatic nitrogens is 4. The number of H-pyrrole nitrogens is 1. The Balaban J connectivity index is 1.34. The molecule has 0 amide bonds. The molecule has 2 atom stereocenters. The molecule has 0 fully saturated rings. The molecule has 252 valence electrons. The monoisotopic (exact) mass is 680 g/mol. The van der Waals surface area contributed by atoms with Gasteiger partial charge < -0.3 is 9.55 Å². The van der Waals surface area contributed by atoms with Gasteiger partial charge in [0, 0.05) is 45.9 Å². The van der Waals surface area contributed by atoms with Gasteiger partial charge in [0.2, 0.25) is 8.07 Å². The Kier molecular flexibility index (Phi) is 7.07. The second-order valence-electron chi connectivity index (χ2n) is 16.5. The van der Waals surface area contributed by atoms with E-state index < -0.39 is 8.07 Å². The van der Waals surface area contributed by atoms with Crippen LogP contribution in [-0.4, -0.2) is 27.6 Å². The van der Waals surface area contributed by atoms with Crippen molar-refractivity contribution >= 4 is 51.1 Å². The van der Waals surface area contributed by atoms with Crippen molar-refractivity contribution in [3.8, 4) is 17.1 Å². The van der Waals surface area contributed by atoms with Crippen LogP contribution in [0.4, 0.5) is 0 Å². The van der Waals surface area contributed by atoms with E-state index in [-0.39, 0.29) is 10.8 Å². The van der Waals surface area contributed by atoms with Gasteiger partial charge in [0.15, 0.2) is 0 Å². The third-order valence-electron chi connectivity index (χ3n) is 11.4. The summed E-state index contributed by atoms with van der Waals surface area (Å²) in [6.45, 7) is 14.1. The number of nitrogens with one attached hydrogen (secondary N) is 1. The van der Waals surface area contributed by atoms with E-state index in [0.29, 0.717) is 5.92 Å². The first-order valence-electron chi connectivity index (χ1n) is 18.2. The Labute approximate surface area is 301 Å². The predicted octanol–water partition coefficient (Wildman–Crippen LogP) is 9.27. The molecule has 4 heterocycles. The van der Waals surface area contributed by atoms with E-state index >= 15 is 0 Å². The molecule has 0 bridgehead atoms. The van der Waals surface area contributed by atoms with Gasteiger partial charge in [-0.05, 0) is 91.8 Å². The lowest BCUT2D eigenvalue weighted by atomic mass is 9.75. The van der Waals surface area contributed by atoms with Gasteiger partial charge in [-0.15, -0.1) is 0 Å². The molecule has 4 nitrogen and oxygen atoms in total. The molecule has 0 saturated heterocycles. The molecule has 1 N–H and O–H groups in total. The zero-order valence-corrected chi connectivity index (χ0v) is 31.3. The molecule has 1 aliphatic heterocycles. The second kappa shape index (κ2) is 11.4. The zero-order valence-electron chi connectivity index (χ0n) is 30.3. The van der Waals surface area contributed by atoms with Crippen molar-refractivity contribution in [3.63, 3.8) is 0 Å². The van der Waals surface area contributed by atoms with E-state index in [2.05, 4.69) is 171 Å². The quantitative estimate of drug-likeness (QED) is 0.189. The van der Waals surface area contributed by atoms with Crippen LogP contribution in [0.5, 0.6) is 0 Å². The largest absolute Gasteiger partial charge is 0.345 e. The normalized spacial score (nSPS) is 18.8. The lowest BCUT2D eigenvalue weighted by molar-refractivity contribution is 0.294. The standard InChI is InChI=1S/C46H44N4Si/c1-45(2,3)31-18-21-41-37(27-31)38-28-32(46(4,5)6)19-22-42(38)51(41,43-16-9-10-23-47-43)34-13-11-12-33(29-34)50-39-15-8-7-14-35(39)36-20-17-30(26-40(36)50)44-48-24-25-49-44/h7-18,20-29,32H,19H2,1-6H3,(H,48,49)/t32?,51-/m0/s1. The summed E-state index contributed by atoms with van der Waals surface area (Å²) in [5.74, 6) is 1.33. The summed E-state index contributed by atoms with van der Waals surface area (Å²) >= 11 is 0. The van der Waals surface area contributed by atoms with Gasteiger partial charge >= 0.3 is 0 Å². The fourth-order valence-electron chi connectivity index (χ4n) is 8.63. The van der Waals surface area contributed by atoms with Gasteiger partial charge in [-0.1, -0.05) is 120 Å². The number of benzene rings is 4. The Morgan fingerprint density at radius 2 is 1.57 bits per heavy atom. The van der Waals surface area contributed by atoms with Gasteiger partial charge in [-0.3, -0.25) is 4.98 Å². The molecule has 1 aliphatic carbocycles. The Morgan fingerprint density at radius 1 is 0.745 bits per heavy atom. The summed E-state index contributed by atoms with van der Waals surface area (Å²) in [6.07, 6.45) is 11.9. The van der Waals surface area contributed by atoms with Crippen LogP contribution in [-0.2, 0) is 5.41 Å². The number of para-hydroxylation sites is 1. The van der Waals surface area contributed by atoms with Crippen LogP contribution in [0.3, 0.4) is 0 Å². The lowest BCUT2D eigenvalue weighted by Crippen LogP contribution is -2.67. The first-order valence-corrected chi connectivity index (χ1v) is 20.2. The number of fused-ring (bicyclic) bond motifs is 6. The molecule has 0 spiro atoms. The van der Waals surface area contributed by atoms with E-state index in [1.807, 2.05) is 18.6 Å². The number of hydrogen-bond acceptors (Lipinski definition) is 2. The lowest BCUT2D eigenvalue weighted by Gasteiger charge is -2.35. The maximum atomic E-state index is 5.25. The highest BCUT2D eigenvalue weighted by molar-refractivity contribution is 7.18. The zero-order chi connectivity index (χ0) is 35.1. The van der Waals surface area contributed by atoms with Crippen molar-refractivity contribution in [3.05, 3.63) is 150 Å². The van der Waals surface area contributed by atoms with E-state index in [1.165, 1.54) is 59.4 Å². The van der Waals surface area contributed by atoms with Crippen LogP contribution in [0.25, 0.3) is 44.5 Å². The molecular formula is C46H44N4Si. The minimum absolute atomic E-state index is 0.0420. The number of hydrogen-bond donors (Lipinski definition) is 1. The fourth-order valence-corrected chi connectivity index (χ4v) is 13.7. The van der Waals surface area contributed by atoms with E-state index in [4.69, 9.17) is 4.98 Å². The van der Waals surface area contributed by atoms with Crippen molar-refractivity contribution in [2.45, 2.75) is 53.4 Å². The number of pyridine rings is 1. The smallest absolute Gasteiger partial charge is 0.202 e. The Bertz CT molecular complexity index is 2520. The molecule has 3 aromatic heterocycles. The number of allylic oxidation sites excluding steroid dienone is 4. The summed E-state index contributed by atoms with van der Waals surface area (Å²) in [6, 6.07) is 38.8. The van der Waals surface area contributed by atoms with Crippen LogP contribution in [0.15, 0.2) is 139 Å². The average Bonchev–Trinajstić information content (AvgIpc) is 3.85. The summed E-state index contributed by atoms with van der Waals surface area (Å²) in [4.78, 5) is 13.1. The molecule has 4 aromatic carbocycles. The Morgan fingerprint density at radius 3 is 2.33 bits per heavy atom. The molecule has 7 aromatic rings. The number of rotatable bonds is 4. The summed E-state index contributed by atoms with van der Waals surface area (Å²) in [5, 5.41) is 7.97. The molecule has 1 unspecified atom stereocenters. The maximum absolute atomic E-state index is 5.25. The van der Waals surface area contributed by atoms with Crippen molar-refractivity contribution in [2.24, 2.45) is 11.3 Å². The van der Waals surface area contributed by atoms with Crippen molar-refractivity contribution in [1.82, 2.24) is 19.5 Å². The maximum Gasteiger partial charge on any atom is 0.202 e.